The predicted octanol–water partition coefficient (Wildman–Crippen LogP) is 4.10. The maximum absolute atomic E-state index is 12.4. The van der Waals surface area contributed by atoms with Gasteiger partial charge in [-0.25, -0.2) is 0 Å². The first-order chi connectivity index (χ1) is 8.38. The highest BCUT2D eigenvalue weighted by Gasteiger charge is 2.38. The Morgan fingerprint density at radius 1 is 1.33 bits per heavy atom. The SMILES string of the molecule is COc1cccc(C(CBr)OC(C)C(F)(F)F)c1. The molecule has 18 heavy (non-hydrogen) atoms. The van der Waals surface area contributed by atoms with E-state index < -0.39 is 18.4 Å². The molecule has 6 heteroatoms. The number of ether oxygens (including phenoxy) is 2. The summed E-state index contributed by atoms with van der Waals surface area (Å²) < 4.78 is 47.4. The summed E-state index contributed by atoms with van der Waals surface area (Å²) in [5, 5.41) is 0.278. The van der Waals surface area contributed by atoms with Crippen molar-refractivity contribution in [1.82, 2.24) is 0 Å². The molecule has 2 unspecified atom stereocenters. The summed E-state index contributed by atoms with van der Waals surface area (Å²) in [6.07, 6.45) is -6.85. The largest absolute Gasteiger partial charge is 0.497 e. The second kappa shape index (κ2) is 6.43. The standard InChI is InChI=1S/C12H14BrF3O2/c1-8(12(14,15)16)18-11(7-13)9-4-3-5-10(6-9)17-2/h3-6,8,11H,7H2,1-2H3. The zero-order valence-corrected chi connectivity index (χ0v) is 11.6. The van der Waals surface area contributed by atoms with E-state index in [4.69, 9.17) is 9.47 Å². The molecule has 0 aliphatic carbocycles. The van der Waals surface area contributed by atoms with Gasteiger partial charge in [0.05, 0.1) is 13.2 Å². The van der Waals surface area contributed by atoms with E-state index in [1.54, 1.807) is 24.3 Å². The highest BCUT2D eigenvalue weighted by atomic mass is 79.9. The average molecular weight is 327 g/mol. The third kappa shape index (κ3) is 4.17. The number of methoxy groups -OCH3 is 1. The molecule has 102 valence electrons. The summed E-state index contributed by atoms with van der Waals surface area (Å²) in [4.78, 5) is 0. The van der Waals surface area contributed by atoms with E-state index in [1.807, 2.05) is 0 Å². The molecule has 0 N–H and O–H groups in total. The van der Waals surface area contributed by atoms with E-state index >= 15 is 0 Å². The molecule has 2 atom stereocenters. The number of hydrogen-bond acceptors (Lipinski definition) is 2. The van der Waals surface area contributed by atoms with E-state index in [2.05, 4.69) is 15.9 Å². The molecule has 0 spiro atoms. The first-order valence-electron chi connectivity index (χ1n) is 5.30. The van der Waals surface area contributed by atoms with E-state index in [0.717, 1.165) is 6.92 Å². The Balaban J connectivity index is 2.82. The van der Waals surface area contributed by atoms with Crippen molar-refractivity contribution in [2.75, 3.05) is 12.4 Å². The van der Waals surface area contributed by atoms with Crippen LogP contribution in [-0.2, 0) is 4.74 Å². The van der Waals surface area contributed by atoms with Crippen LogP contribution in [0.25, 0.3) is 0 Å². The lowest BCUT2D eigenvalue weighted by Gasteiger charge is -2.23. The number of rotatable bonds is 5. The molecule has 1 rings (SSSR count). The van der Waals surface area contributed by atoms with Gasteiger partial charge in [-0.05, 0) is 24.6 Å². The minimum atomic E-state index is -4.36. The molecule has 0 heterocycles. The molecule has 2 nitrogen and oxygen atoms in total. The second-order valence-electron chi connectivity index (χ2n) is 3.74. The monoisotopic (exact) mass is 326 g/mol. The Labute approximate surface area is 112 Å². The van der Waals surface area contributed by atoms with Crippen LogP contribution < -0.4 is 4.74 Å². The summed E-state index contributed by atoms with van der Waals surface area (Å²) in [6.45, 7) is 0.996. The molecule has 0 aliphatic rings. The van der Waals surface area contributed by atoms with Crippen molar-refractivity contribution in [2.24, 2.45) is 0 Å². The maximum Gasteiger partial charge on any atom is 0.414 e. The van der Waals surface area contributed by atoms with Gasteiger partial charge in [0.25, 0.3) is 0 Å². The summed E-state index contributed by atoms with van der Waals surface area (Å²) in [5.41, 5.74) is 0.641. The molecule has 0 aromatic heterocycles. The first-order valence-corrected chi connectivity index (χ1v) is 6.42. The van der Waals surface area contributed by atoms with Gasteiger partial charge < -0.3 is 9.47 Å². The quantitative estimate of drug-likeness (QED) is 0.758. The van der Waals surface area contributed by atoms with E-state index in [0.29, 0.717) is 11.3 Å². The highest BCUT2D eigenvalue weighted by molar-refractivity contribution is 9.09. The molecule has 1 aromatic carbocycles. The summed E-state index contributed by atoms with van der Waals surface area (Å²) in [6, 6.07) is 6.81. The van der Waals surface area contributed by atoms with Crippen molar-refractivity contribution in [3.63, 3.8) is 0 Å². The van der Waals surface area contributed by atoms with Crippen LogP contribution in [0.2, 0.25) is 0 Å². The van der Waals surface area contributed by atoms with Gasteiger partial charge in [-0.3, -0.25) is 0 Å². The predicted molar refractivity (Wildman–Crippen MR) is 66.1 cm³/mol. The lowest BCUT2D eigenvalue weighted by atomic mass is 10.1. The molecule has 0 saturated carbocycles. The van der Waals surface area contributed by atoms with Crippen molar-refractivity contribution in [3.05, 3.63) is 29.8 Å². The van der Waals surface area contributed by atoms with Gasteiger partial charge in [-0.15, -0.1) is 0 Å². The zero-order valence-electron chi connectivity index (χ0n) is 10.00. The van der Waals surface area contributed by atoms with Crippen LogP contribution in [0.15, 0.2) is 24.3 Å². The van der Waals surface area contributed by atoms with Crippen LogP contribution in [0.5, 0.6) is 5.75 Å². The second-order valence-corrected chi connectivity index (χ2v) is 4.39. The van der Waals surface area contributed by atoms with Gasteiger partial charge in [0.1, 0.15) is 5.75 Å². The van der Waals surface area contributed by atoms with Crippen molar-refractivity contribution in [1.29, 1.82) is 0 Å². The topological polar surface area (TPSA) is 18.5 Å². The van der Waals surface area contributed by atoms with E-state index in [1.165, 1.54) is 7.11 Å². The normalized spacial score (nSPS) is 15.2. The van der Waals surface area contributed by atoms with Gasteiger partial charge in [0.15, 0.2) is 6.10 Å². The fraction of sp³-hybridized carbons (Fsp3) is 0.500. The minimum Gasteiger partial charge on any atom is -0.497 e. The van der Waals surface area contributed by atoms with Crippen LogP contribution in [0, 0.1) is 0 Å². The molecule has 0 amide bonds. The molecule has 0 fully saturated rings. The van der Waals surface area contributed by atoms with Crippen LogP contribution in [0.1, 0.15) is 18.6 Å². The Morgan fingerprint density at radius 2 is 2.00 bits per heavy atom. The van der Waals surface area contributed by atoms with E-state index in [-0.39, 0.29) is 5.33 Å². The fourth-order valence-electron chi connectivity index (χ4n) is 1.37. The van der Waals surface area contributed by atoms with Crippen molar-refractivity contribution >= 4 is 15.9 Å². The van der Waals surface area contributed by atoms with E-state index in [9.17, 15) is 13.2 Å². The average Bonchev–Trinajstić information content (AvgIpc) is 2.34. The third-order valence-corrected chi connectivity index (χ3v) is 3.02. The van der Waals surface area contributed by atoms with Gasteiger partial charge in [-0.2, -0.15) is 13.2 Å². The van der Waals surface area contributed by atoms with Gasteiger partial charge in [-0.1, -0.05) is 28.1 Å². The molecular formula is C12H14BrF3O2. The zero-order chi connectivity index (χ0) is 13.8. The van der Waals surface area contributed by atoms with Crippen molar-refractivity contribution in [2.45, 2.75) is 25.3 Å². The molecule has 0 radical (unpaired) electrons. The minimum absolute atomic E-state index is 0.278. The molecule has 0 saturated heterocycles. The Bertz CT molecular complexity index is 382. The maximum atomic E-state index is 12.4. The third-order valence-electron chi connectivity index (χ3n) is 2.44. The number of benzene rings is 1. The molecule has 0 bridgehead atoms. The van der Waals surface area contributed by atoms with Crippen molar-refractivity contribution in [3.8, 4) is 5.75 Å². The van der Waals surface area contributed by atoms with Crippen LogP contribution in [-0.4, -0.2) is 24.7 Å². The summed E-state index contributed by atoms with van der Waals surface area (Å²) in [7, 11) is 1.50. The van der Waals surface area contributed by atoms with Gasteiger partial charge >= 0.3 is 6.18 Å². The Kier molecular flexibility index (Phi) is 5.47. The number of hydrogen-bond donors (Lipinski definition) is 0. The van der Waals surface area contributed by atoms with Gasteiger partial charge in [0.2, 0.25) is 0 Å². The van der Waals surface area contributed by atoms with Crippen LogP contribution >= 0.6 is 15.9 Å². The fourth-order valence-corrected chi connectivity index (χ4v) is 1.90. The van der Waals surface area contributed by atoms with Crippen LogP contribution in [0.3, 0.4) is 0 Å². The summed E-state index contributed by atoms with van der Waals surface area (Å²) in [5.74, 6) is 0.585. The lowest BCUT2D eigenvalue weighted by Crippen LogP contribution is -2.30. The first kappa shape index (κ1) is 15.3. The van der Waals surface area contributed by atoms with Gasteiger partial charge in [0, 0.05) is 5.33 Å². The van der Waals surface area contributed by atoms with Crippen LogP contribution in [0.4, 0.5) is 13.2 Å². The smallest absolute Gasteiger partial charge is 0.414 e. The molecule has 1 aromatic rings. The van der Waals surface area contributed by atoms with Crippen molar-refractivity contribution < 1.29 is 22.6 Å². The molecule has 0 aliphatic heterocycles. The number of halogens is 4. The Morgan fingerprint density at radius 3 is 2.50 bits per heavy atom. The lowest BCUT2D eigenvalue weighted by molar-refractivity contribution is -0.225. The number of alkyl halides is 4. The Hall–Kier alpha value is -0.750. The highest BCUT2D eigenvalue weighted by Crippen LogP contribution is 2.30. The summed E-state index contributed by atoms with van der Waals surface area (Å²) >= 11 is 3.16. The molecular weight excluding hydrogens is 313 g/mol.